The molecule has 26 heavy (non-hydrogen) atoms. The van der Waals surface area contributed by atoms with E-state index in [4.69, 9.17) is 26.5 Å². The van der Waals surface area contributed by atoms with Gasteiger partial charge in [0.2, 0.25) is 0 Å². The maximum absolute atomic E-state index is 11.2. The van der Waals surface area contributed by atoms with Crippen LogP contribution in [0.4, 0.5) is 5.69 Å². The molecule has 0 amide bonds. The van der Waals surface area contributed by atoms with Crippen LogP contribution in [0.3, 0.4) is 0 Å². The van der Waals surface area contributed by atoms with Crippen LogP contribution in [0.2, 0.25) is 5.02 Å². The molecule has 1 fully saturated rings. The van der Waals surface area contributed by atoms with E-state index in [2.05, 4.69) is 0 Å². The molecule has 3 atom stereocenters. The number of nitrogen functional groups attached to an aromatic ring is 1. The summed E-state index contributed by atoms with van der Waals surface area (Å²) < 4.78 is 27.3. The molecule has 0 radical (unpaired) electrons. The van der Waals surface area contributed by atoms with Gasteiger partial charge in [-0.2, -0.15) is 8.42 Å². The van der Waals surface area contributed by atoms with E-state index in [1.165, 1.54) is 5.56 Å². The summed E-state index contributed by atoms with van der Waals surface area (Å²) in [7, 11) is -3.37. The van der Waals surface area contributed by atoms with Gasteiger partial charge in [0.05, 0.1) is 18.4 Å². The number of nitrogens with zero attached hydrogens (tertiary/aromatic N) is 1. The molecule has 1 heterocycles. The van der Waals surface area contributed by atoms with Crippen molar-refractivity contribution in [1.29, 1.82) is 0 Å². The predicted octanol–water partition coefficient (Wildman–Crippen LogP) is 3.89. The summed E-state index contributed by atoms with van der Waals surface area (Å²) >= 11 is 6.11. The number of fused-ring (bicyclic) bond motifs is 5. The van der Waals surface area contributed by atoms with E-state index in [9.17, 15) is 8.42 Å². The second-order valence-electron chi connectivity index (χ2n) is 7.70. The maximum atomic E-state index is 11.2. The Morgan fingerprint density at radius 3 is 2.88 bits per heavy atom. The fourth-order valence-electron chi connectivity index (χ4n) is 4.78. The molecule has 3 unspecified atom stereocenters. The molecule has 0 aliphatic heterocycles. The first-order chi connectivity index (χ1) is 12.3. The molecule has 2 aliphatic carbocycles. The minimum Gasteiger partial charge on any atom is -0.398 e. The van der Waals surface area contributed by atoms with Crippen molar-refractivity contribution in [2.45, 2.75) is 38.0 Å². The number of benzene rings is 1. The Bertz CT molecular complexity index is 961. The third kappa shape index (κ3) is 3.55. The molecular weight excluding hydrogens is 372 g/mol. The Labute approximate surface area is 159 Å². The second-order valence-corrected chi connectivity index (χ2v) is 9.78. The SMILES string of the molecule is CS(=O)(=O)OCCC1CC2Cc3nc4cc(Cl)ccc4c(N)c3C(C1)C2. The fourth-order valence-corrected chi connectivity index (χ4v) is 5.35. The number of hydrogen-bond donors (Lipinski definition) is 1. The zero-order chi connectivity index (χ0) is 18.5. The molecule has 0 spiro atoms. The zero-order valence-corrected chi connectivity index (χ0v) is 16.3. The summed E-state index contributed by atoms with van der Waals surface area (Å²) in [6, 6.07) is 5.68. The van der Waals surface area contributed by atoms with E-state index in [-0.39, 0.29) is 6.61 Å². The highest BCUT2D eigenvalue weighted by molar-refractivity contribution is 7.85. The first-order valence-corrected chi connectivity index (χ1v) is 11.2. The van der Waals surface area contributed by atoms with Gasteiger partial charge in [-0.1, -0.05) is 11.6 Å². The van der Waals surface area contributed by atoms with E-state index in [1.807, 2.05) is 18.2 Å². The van der Waals surface area contributed by atoms with E-state index < -0.39 is 10.1 Å². The van der Waals surface area contributed by atoms with Gasteiger partial charge in [-0.15, -0.1) is 0 Å². The maximum Gasteiger partial charge on any atom is 0.264 e. The van der Waals surface area contributed by atoms with Crippen LogP contribution < -0.4 is 5.73 Å². The van der Waals surface area contributed by atoms with Gasteiger partial charge < -0.3 is 5.73 Å². The summed E-state index contributed by atoms with van der Waals surface area (Å²) in [5, 5.41) is 1.64. The average molecular weight is 395 g/mol. The Kier molecular flexibility index (Phi) is 4.61. The quantitative estimate of drug-likeness (QED) is 0.795. The van der Waals surface area contributed by atoms with Crippen molar-refractivity contribution in [2.75, 3.05) is 18.6 Å². The topological polar surface area (TPSA) is 82.3 Å². The largest absolute Gasteiger partial charge is 0.398 e. The van der Waals surface area contributed by atoms with Crippen LogP contribution in [0.5, 0.6) is 0 Å². The van der Waals surface area contributed by atoms with Gasteiger partial charge in [0.15, 0.2) is 0 Å². The van der Waals surface area contributed by atoms with Gasteiger partial charge in [-0.05, 0) is 68.1 Å². The summed E-state index contributed by atoms with van der Waals surface area (Å²) in [5.74, 6) is 1.44. The van der Waals surface area contributed by atoms with E-state index in [1.54, 1.807) is 0 Å². The molecule has 2 aromatic rings. The molecule has 5 nitrogen and oxygen atoms in total. The summed E-state index contributed by atoms with van der Waals surface area (Å²) in [5.41, 5.74) is 10.6. The van der Waals surface area contributed by atoms with Gasteiger partial charge in [0.25, 0.3) is 10.1 Å². The fraction of sp³-hybridized carbons (Fsp3) is 0.526. The molecule has 4 rings (SSSR count). The molecule has 2 aliphatic rings. The number of aromatic nitrogens is 1. The van der Waals surface area contributed by atoms with Crippen molar-refractivity contribution in [3.05, 3.63) is 34.5 Å². The van der Waals surface area contributed by atoms with Crippen molar-refractivity contribution >= 4 is 38.3 Å². The smallest absolute Gasteiger partial charge is 0.264 e. The lowest BCUT2D eigenvalue weighted by atomic mass is 9.65. The molecule has 1 aromatic carbocycles. The Hall–Kier alpha value is -1.37. The lowest BCUT2D eigenvalue weighted by Gasteiger charge is -2.40. The highest BCUT2D eigenvalue weighted by Crippen LogP contribution is 2.49. The van der Waals surface area contributed by atoms with Crippen LogP contribution in [-0.2, 0) is 20.7 Å². The summed E-state index contributed by atoms with van der Waals surface area (Å²) in [6.07, 6.45) is 6.05. The number of anilines is 1. The molecule has 1 saturated carbocycles. The number of halogens is 1. The van der Waals surface area contributed by atoms with E-state index >= 15 is 0 Å². The van der Waals surface area contributed by atoms with Crippen molar-refractivity contribution in [3.63, 3.8) is 0 Å². The van der Waals surface area contributed by atoms with Crippen LogP contribution in [-0.4, -0.2) is 26.3 Å². The molecule has 0 saturated heterocycles. The van der Waals surface area contributed by atoms with E-state index in [0.717, 1.165) is 60.6 Å². The predicted molar refractivity (Wildman–Crippen MR) is 104 cm³/mol. The molecule has 140 valence electrons. The highest BCUT2D eigenvalue weighted by Gasteiger charge is 2.37. The third-order valence-corrected chi connectivity index (χ3v) is 6.55. The molecule has 7 heteroatoms. The van der Waals surface area contributed by atoms with E-state index in [0.29, 0.717) is 22.8 Å². The third-order valence-electron chi connectivity index (χ3n) is 5.72. The number of hydrogen-bond acceptors (Lipinski definition) is 5. The lowest BCUT2D eigenvalue weighted by molar-refractivity contribution is 0.185. The van der Waals surface area contributed by atoms with Gasteiger partial charge in [-0.3, -0.25) is 9.17 Å². The zero-order valence-electron chi connectivity index (χ0n) is 14.7. The summed E-state index contributed by atoms with van der Waals surface area (Å²) in [4.78, 5) is 4.87. The number of pyridine rings is 1. The Morgan fingerprint density at radius 2 is 2.12 bits per heavy atom. The normalized spacial score (nSPS) is 25.2. The van der Waals surface area contributed by atoms with Crippen LogP contribution in [0, 0.1) is 11.8 Å². The molecule has 2 bridgehead atoms. The number of nitrogens with two attached hydrogens (primary N) is 1. The van der Waals surface area contributed by atoms with Crippen molar-refractivity contribution in [2.24, 2.45) is 11.8 Å². The Morgan fingerprint density at radius 1 is 1.31 bits per heavy atom. The average Bonchev–Trinajstić information content (AvgIpc) is 2.52. The highest BCUT2D eigenvalue weighted by atomic mass is 35.5. The molecule has 2 N–H and O–H groups in total. The van der Waals surface area contributed by atoms with Gasteiger partial charge in [-0.25, -0.2) is 0 Å². The first kappa shape index (κ1) is 18.0. The van der Waals surface area contributed by atoms with Gasteiger partial charge >= 0.3 is 0 Å². The van der Waals surface area contributed by atoms with Crippen LogP contribution >= 0.6 is 11.6 Å². The van der Waals surface area contributed by atoms with Crippen LogP contribution in [0.25, 0.3) is 10.9 Å². The van der Waals surface area contributed by atoms with Gasteiger partial charge in [0.1, 0.15) is 0 Å². The Balaban J connectivity index is 1.60. The number of rotatable bonds is 4. The van der Waals surface area contributed by atoms with Crippen LogP contribution in [0.1, 0.15) is 42.9 Å². The minimum atomic E-state index is -3.37. The standard InChI is InChI=1S/C19H23ClN2O3S/c1-26(23,24)25-5-4-11-6-12-8-13(7-11)18-17(9-12)22-16-10-14(20)2-3-15(16)19(18)21/h2-3,10-13H,4-9H2,1H3,(H2,21,22). The van der Waals surface area contributed by atoms with Crippen molar-refractivity contribution in [1.82, 2.24) is 4.98 Å². The molecule has 1 aromatic heterocycles. The minimum absolute atomic E-state index is 0.264. The van der Waals surface area contributed by atoms with Crippen molar-refractivity contribution < 1.29 is 12.6 Å². The van der Waals surface area contributed by atoms with Crippen LogP contribution in [0.15, 0.2) is 18.2 Å². The second kappa shape index (κ2) is 6.66. The monoisotopic (exact) mass is 394 g/mol. The lowest BCUT2D eigenvalue weighted by Crippen LogP contribution is -2.30. The summed E-state index contributed by atoms with van der Waals surface area (Å²) in [6.45, 7) is 0.264. The first-order valence-electron chi connectivity index (χ1n) is 9.02. The molecular formula is C19H23ClN2O3S. The van der Waals surface area contributed by atoms with Gasteiger partial charge in [0, 0.05) is 27.4 Å². The van der Waals surface area contributed by atoms with Crippen molar-refractivity contribution in [3.8, 4) is 0 Å².